The van der Waals surface area contributed by atoms with Crippen LogP contribution >= 0.6 is 11.8 Å². The van der Waals surface area contributed by atoms with Gasteiger partial charge in [0.05, 0.1) is 13.3 Å². The standard InChI is InChI=1S/C33H30N4O5S/c1-21-7-6-10-28(22(21)2)41-19-31(38)35-26-14-12-24(13-15-26)32(39)37-34-18-23-11-16-29(40-3)25(17-23)20-43-33-36-27-8-4-5-9-30(27)42-33/h4-18H,19-20H2,1-3H3,(H,35,38)(H,37,39)/b34-18-. The van der Waals surface area contributed by atoms with Crippen molar-refractivity contribution in [3.8, 4) is 11.5 Å². The average molecular weight is 595 g/mol. The first-order valence-corrected chi connectivity index (χ1v) is 14.5. The summed E-state index contributed by atoms with van der Waals surface area (Å²) < 4.78 is 17.0. The SMILES string of the molecule is COc1ccc(/C=N\NC(=O)c2ccc(NC(=O)COc3cccc(C)c3C)cc2)cc1CSc1nc2ccccc2o1. The summed E-state index contributed by atoms with van der Waals surface area (Å²) in [5.41, 5.74) is 8.85. The maximum Gasteiger partial charge on any atom is 0.271 e. The van der Waals surface area contributed by atoms with Gasteiger partial charge in [0.2, 0.25) is 0 Å². The second kappa shape index (κ2) is 13.7. The van der Waals surface area contributed by atoms with Crippen molar-refractivity contribution >= 4 is 46.6 Å². The molecule has 4 aromatic carbocycles. The first kappa shape index (κ1) is 29.4. The lowest BCUT2D eigenvalue weighted by Crippen LogP contribution is -2.21. The molecular formula is C33H30N4O5S. The summed E-state index contributed by atoms with van der Waals surface area (Å²) in [6.45, 7) is 3.82. The van der Waals surface area contributed by atoms with Gasteiger partial charge in [0, 0.05) is 22.6 Å². The fourth-order valence-electron chi connectivity index (χ4n) is 4.20. The van der Waals surface area contributed by atoms with Crippen molar-refractivity contribution in [2.75, 3.05) is 19.0 Å². The smallest absolute Gasteiger partial charge is 0.271 e. The molecule has 0 aliphatic heterocycles. The van der Waals surface area contributed by atoms with Crippen molar-refractivity contribution in [1.29, 1.82) is 0 Å². The Morgan fingerprint density at radius 3 is 2.58 bits per heavy atom. The Balaban J connectivity index is 1.13. The molecule has 0 aliphatic carbocycles. The van der Waals surface area contributed by atoms with Crippen molar-refractivity contribution in [3.63, 3.8) is 0 Å². The van der Waals surface area contributed by atoms with Crippen LogP contribution in [0.25, 0.3) is 11.1 Å². The third-order valence-electron chi connectivity index (χ3n) is 6.65. The molecule has 9 nitrogen and oxygen atoms in total. The van der Waals surface area contributed by atoms with Crippen LogP contribution in [0, 0.1) is 13.8 Å². The van der Waals surface area contributed by atoms with Crippen molar-refractivity contribution < 1.29 is 23.5 Å². The summed E-state index contributed by atoms with van der Waals surface area (Å²) in [7, 11) is 1.62. The maximum absolute atomic E-state index is 12.6. The number of benzene rings is 4. The molecule has 0 spiro atoms. The van der Waals surface area contributed by atoms with E-state index in [0.29, 0.717) is 28.0 Å². The summed E-state index contributed by atoms with van der Waals surface area (Å²) in [4.78, 5) is 29.5. The Labute approximate surface area is 253 Å². The van der Waals surface area contributed by atoms with Gasteiger partial charge in [-0.2, -0.15) is 5.10 Å². The van der Waals surface area contributed by atoms with Gasteiger partial charge in [0.1, 0.15) is 17.0 Å². The number of carbonyl (C=O) groups is 2. The number of nitrogens with one attached hydrogen (secondary N) is 2. The minimum Gasteiger partial charge on any atom is -0.496 e. The van der Waals surface area contributed by atoms with Crippen LogP contribution in [0.3, 0.4) is 0 Å². The number of ether oxygens (including phenoxy) is 2. The number of anilines is 1. The molecule has 0 radical (unpaired) electrons. The molecule has 0 bridgehead atoms. The highest BCUT2D eigenvalue weighted by Crippen LogP contribution is 2.30. The molecule has 2 N–H and O–H groups in total. The van der Waals surface area contributed by atoms with Gasteiger partial charge in [-0.3, -0.25) is 9.59 Å². The van der Waals surface area contributed by atoms with Gasteiger partial charge in [-0.05, 0) is 91.2 Å². The Morgan fingerprint density at radius 1 is 0.977 bits per heavy atom. The van der Waals surface area contributed by atoms with Gasteiger partial charge < -0.3 is 19.2 Å². The first-order valence-electron chi connectivity index (χ1n) is 13.5. The van der Waals surface area contributed by atoms with Crippen molar-refractivity contribution in [2.45, 2.75) is 24.8 Å². The molecule has 0 unspecified atom stereocenters. The minimum atomic E-state index is -0.382. The number of fused-ring (bicyclic) bond motifs is 1. The van der Waals surface area contributed by atoms with Crippen molar-refractivity contribution in [2.24, 2.45) is 5.10 Å². The monoisotopic (exact) mass is 594 g/mol. The highest BCUT2D eigenvalue weighted by Gasteiger charge is 2.11. The molecule has 0 saturated carbocycles. The number of hydrogen-bond donors (Lipinski definition) is 2. The molecule has 1 heterocycles. The topological polar surface area (TPSA) is 115 Å². The quantitative estimate of drug-likeness (QED) is 0.102. The molecule has 218 valence electrons. The van der Waals surface area contributed by atoms with E-state index in [-0.39, 0.29) is 18.4 Å². The molecule has 0 atom stereocenters. The Kier molecular flexibility index (Phi) is 9.38. The number of carbonyl (C=O) groups excluding carboxylic acids is 2. The number of para-hydroxylation sites is 2. The number of nitrogens with zero attached hydrogens (tertiary/aromatic N) is 2. The van der Waals surface area contributed by atoms with Gasteiger partial charge in [-0.25, -0.2) is 10.4 Å². The van der Waals surface area contributed by atoms with Crippen LogP contribution in [0.15, 0.2) is 99.7 Å². The number of amides is 2. The van der Waals surface area contributed by atoms with Crippen LogP contribution in [0.1, 0.15) is 32.6 Å². The van der Waals surface area contributed by atoms with Crippen molar-refractivity contribution in [1.82, 2.24) is 10.4 Å². The van der Waals surface area contributed by atoms with E-state index in [2.05, 4.69) is 20.8 Å². The number of aromatic nitrogens is 1. The molecule has 5 rings (SSSR count). The van der Waals surface area contributed by atoms with Crippen LogP contribution in [0.5, 0.6) is 11.5 Å². The minimum absolute atomic E-state index is 0.121. The summed E-state index contributed by atoms with van der Waals surface area (Å²) >= 11 is 1.47. The second-order valence-corrected chi connectivity index (χ2v) is 10.5. The van der Waals surface area contributed by atoms with Gasteiger partial charge in [0.15, 0.2) is 12.2 Å². The number of hydrogen-bond acceptors (Lipinski definition) is 8. The van der Waals surface area contributed by atoms with Crippen LogP contribution in [0.2, 0.25) is 0 Å². The molecule has 2 amide bonds. The summed E-state index contributed by atoms with van der Waals surface area (Å²) in [5, 5.41) is 7.46. The number of hydrazone groups is 1. The van der Waals surface area contributed by atoms with E-state index in [9.17, 15) is 9.59 Å². The van der Waals surface area contributed by atoms with E-state index in [1.807, 2.05) is 74.5 Å². The Hall–Kier alpha value is -5.09. The van der Waals surface area contributed by atoms with E-state index < -0.39 is 0 Å². The molecule has 0 saturated heterocycles. The first-order chi connectivity index (χ1) is 20.9. The van der Waals surface area contributed by atoms with E-state index in [4.69, 9.17) is 13.9 Å². The highest BCUT2D eigenvalue weighted by molar-refractivity contribution is 7.98. The summed E-state index contributed by atoms with van der Waals surface area (Å²) in [6.07, 6.45) is 1.56. The molecule has 0 aliphatic rings. The molecule has 5 aromatic rings. The van der Waals surface area contributed by atoms with E-state index in [1.165, 1.54) is 11.8 Å². The third kappa shape index (κ3) is 7.60. The van der Waals surface area contributed by atoms with Gasteiger partial charge in [-0.15, -0.1) is 0 Å². The lowest BCUT2D eigenvalue weighted by atomic mass is 10.1. The van der Waals surface area contributed by atoms with Gasteiger partial charge >= 0.3 is 0 Å². The zero-order valence-corrected chi connectivity index (χ0v) is 24.7. The number of oxazole rings is 1. The predicted octanol–water partition coefficient (Wildman–Crippen LogP) is 6.53. The Bertz CT molecular complexity index is 1750. The van der Waals surface area contributed by atoms with Crippen molar-refractivity contribution in [3.05, 3.63) is 113 Å². The fourth-order valence-corrected chi connectivity index (χ4v) is 5.02. The predicted molar refractivity (Wildman–Crippen MR) is 168 cm³/mol. The third-order valence-corrected chi connectivity index (χ3v) is 7.53. The van der Waals surface area contributed by atoms with Crippen LogP contribution in [0.4, 0.5) is 5.69 Å². The van der Waals surface area contributed by atoms with Gasteiger partial charge in [0.25, 0.3) is 17.0 Å². The fraction of sp³-hybridized carbons (Fsp3) is 0.152. The summed E-state index contributed by atoms with van der Waals surface area (Å²) in [5.74, 6) is 1.30. The lowest BCUT2D eigenvalue weighted by Gasteiger charge is -2.11. The van der Waals surface area contributed by atoms with Crippen LogP contribution < -0.4 is 20.2 Å². The highest BCUT2D eigenvalue weighted by atomic mass is 32.2. The molecule has 0 fully saturated rings. The number of rotatable bonds is 11. The number of thioether (sulfide) groups is 1. The second-order valence-electron chi connectivity index (χ2n) is 9.62. The van der Waals surface area contributed by atoms with E-state index in [1.54, 1.807) is 37.6 Å². The molecule has 43 heavy (non-hydrogen) atoms. The molecular weight excluding hydrogens is 564 g/mol. The summed E-state index contributed by atoms with van der Waals surface area (Å²) in [6, 6.07) is 25.5. The number of methoxy groups -OCH3 is 1. The average Bonchev–Trinajstić information content (AvgIpc) is 3.44. The van der Waals surface area contributed by atoms with Crippen LogP contribution in [-0.4, -0.2) is 36.7 Å². The lowest BCUT2D eigenvalue weighted by molar-refractivity contribution is -0.118. The molecule has 10 heteroatoms. The van der Waals surface area contributed by atoms with E-state index >= 15 is 0 Å². The largest absolute Gasteiger partial charge is 0.496 e. The zero-order chi connectivity index (χ0) is 30.2. The molecule has 1 aromatic heterocycles. The normalized spacial score (nSPS) is 11.0. The van der Waals surface area contributed by atoms with Crippen LogP contribution in [-0.2, 0) is 10.5 Å². The zero-order valence-electron chi connectivity index (χ0n) is 23.9. The van der Waals surface area contributed by atoms with E-state index in [0.717, 1.165) is 39.1 Å². The maximum atomic E-state index is 12.6. The Morgan fingerprint density at radius 2 is 1.79 bits per heavy atom. The van der Waals surface area contributed by atoms with Gasteiger partial charge in [-0.1, -0.05) is 36.0 Å². The number of aryl methyl sites for hydroxylation is 1.